The van der Waals surface area contributed by atoms with Gasteiger partial charge in [-0.2, -0.15) is 4.48 Å². The summed E-state index contributed by atoms with van der Waals surface area (Å²) in [5.41, 5.74) is 7.79. The van der Waals surface area contributed by atoms with E-state index in [9.17, 15) is 4.79 Å². The first kappa shape index (κ1) is 22.5. The van der Waals surface area contributed by atoms with Crippen LogP contribution in [0, 0.1) is 5.92 Å². The molecule has 1 unspecified atom stereocenters. The average molecular weight is 472 g/mol. The molecule has 2 aliphatic carbocycles. The molecule has 34 heavy (non-hydrogen) atoms. The predicted molar refractivity (Wildman–Crippen MR) is 139 cm³/mol. The number of allylic oxidation sites excluding steroid dienone is 3. The molecule has 0 radical (unpaired) electrons. The fourth-order valence-electron chi connectivity index (χ4n) is 4.23. The van der Waals surface area contributed by atoms with Gasteiger partial charge in [0.05, 0.1) is 5.92 Å². The van der Waals surface area contributed by atoms with E-state index in [4.69, 9.17) is 27.4 Å². The standard InChI is InChI=1S/C28H27N2O3S/c29-18-20-4-3-17-30(19-20,28(31)21-7-8-21)22-9-11-23(12-10-22)32-26-5-1-2-6-27(26)33-24-13-15-25(34)16-14-24/h1-6,9-15,19,21H,7-8,16-18,29H2/q+1. The Kier molecular flexibility index (Phi) is 6.28. The quantitative estimate of drug-likeness (QED) is 0.413. The van der Waals surface area contributed by atoms with Crippen LogP contribution in [0.25, 0.3) is 0 Å². The minimum atomic E-state index is 0.124. The normalized spacial score (nSPS) is 21.6. The van der Waals surface area contributed by atoms with Crippen molar-refractivity contribution in [3.8, 4) is 17.2 Å². The third-order valence-corrected chi connectivity index (χ3v) is 6.51. The number of ether oxygens (including phenoxy) is 2. The van der Waals surface area contributed by atoms with Crippen LogP contribution in [0.5, 0.6) is 17.2 Å². The van der Waals surface area contributed by atoms with Crippen molar-refractivity contribution in [1.29, 1.82) is 0 Å². The number of quaternary nitrogens is 1. The van der Waals surface area contributed by atoms with Gasteiger partial charge < -0.3 is 15.2 Å². The summed E-state index contributed by atoms with van der Waals surface area (Å²) < 4.78 is 12.4. The van der Waals surface area contributed by atoms with Gasteiger partial charge in [0.1, 0.15) is 29.9 Å². The van der Waals surface area contributed by atoms with Crippen molar-refractivity contribution in [3.05, 3.63) is 96.4 Å². The van der Waals surface area contributed by atoms with Gasteiger partial charge in [-0.1, -0.05) is 30.4 Å². The molecule has 1 atom stereocenters. The molecule has 0 aromatic heterocycles. The molecule has 5 rings (SSSR count). The molecule has 172 valence electrons. The number of amides is 1. The zero-order valence-electron chi connectivity index (χ0n) is 18.9. The minimum Gasteiger partial charge on any atom is -0.454 e. The topological polar surface area (TPSA) is 61.6 Å². The molecule has 2 aromatic rings. The maximum atomic E-state index is 13.4. The Balaban J connectivity index is 1.38. The van der Waals surface area contributed by atoms with Crippen molar-refractivity contribution < 1.29 is 14.3 Å². The van der Waals surface area contributed by atoms with E-state index in [2.05, 4.69) is 0 Å². The molecule has 0 bridgehead atoms. The number of carbonyl (C=O) groups excluding carboxylic acids is 1. The van der Waals surface area contributed by atoms with E-state index >= 15 is 0 Å². The van der Waals surface area contributed by atoms with Gasteiger partial charge in [-0.25, -0.2) is 4.79 Å². The second-order valence-corrected chi connectivity index (χ2v) is 9.25. The number of hydrogen-bond donors (Lipinski definition) is 1. The number of nitrogens with two attached hydrogens (primary N) is 1. The van der Waals surface area contributed by atoms with Gasteiger partial charge in [-0.05, 0) is 61.4 Å². The van der Waals surface area contributed by atoms with Crippen molar-refractivity contribution in [3.63, 3.8) is 0 Å². The van der Waals surface area contributed by atoms with E-state index < -0.39 is 0 Å². The smallest absolute Gasteiger partial charge is 0.326 e. The number of carbonyl (C=O) groups is 1. The fourth-order valence-corrected chi connectivity index (χ4v) is 4.38. The molecule has 5 nitrogen and oxygen atoms in total. The van der Waals surface area contributed by atoms with Crippen LogP contribution in [0.3, 0.4) is 0 Å². The Bertz CT molecular complexity index is 1240. The van der Waals surface area contributed by atoms with Crippen LogP contribution >= 0.6 is 12.2 Å². The molecular weight excluding hydrogens is 444 g/mol. The highest BCUT2D eigenvalue weighted by Gasteiger charge is 2.47. The maximum Gasteiger partial charge on any atom is 0.326 e. The highest BCUT2D eigenvalue weighted by molar-refractivity contribution is 7.80. The maximum absolute atomic E-state index is 13.4. The van der Waals surface area contributed by atoms with E-state index in [0.717, 1.165) is 34.7 Å². The fraction of sp³-hybridized carbons (Fsp3) is 0.214. The number of para-hydroxylation sites is 2. The van der Waals surface area contributed by atoms with Gasteiger partial charge in [-0.15, -0.1) is 0 Å². The van der Waals surface area contributed by atoms with Crippen LogP contribution in [0.4, 0.5) is 5.69 Å². The molecule has 3 aliphatic rings. The van der Waals surface area contributed by atoms with Gasteiger partial charge in [0, 0.05) is 35.5 Å². The highest BCUT2D eigenvalue weighted by atomic mass is 32.1. The average Bonchev–Trinajstić information content (AvgIpc) is 3.72. The zero-order chi connectivity index (χ0) is 23.5. The molecule has 0 spiro atoms. The van der Waals surface area contributed by atoms with Crippen LogP contribution in [0.1, 0.15) is 19.3 Å². The Morgan fingerprint density at radius 2 is 1.74 bits per heavy atom. The summed E-state index contributed by atoms with van der Waals surface area (Å²) in [6.07, 6.45) is 14.4. The molecule has 2 N–H and O–H groups in total. The molecule has 1 saturated carbocycles. The summed E-state index contributed by atoms with van der Waals surface area (Å²) in [4.78, 5) is 14.2. The van der Waals surface area contributed by atoms with Crippen LogP contribution in [0.15, 0.2) is 96.4 Å². The highest BCUT2D eigenvalue weighted by Crippen LogP contribution is 2.40. The first-order valence-corrected chi connectivity index (χ1v) is 12.0. The Morgan fingerprint density at radius 3 is 2.38 bits per heavy atom. The van der Waals surface area contributed by atoms with E-state index in [1.54, 1.807) is 0 Å². The molecule has 2 aromatic carbocycles. The molecule has 1 amide bonds. The van der Waals surface area contributed by atoms with Crippen LogP contribution in [-0.2, 0) is 4.79 Å². The molecule has 6 heteroatoms. The first-order valence-electron chi connectivity index (χ1n) is 11.5. The van der Waals surface area contributed by atoms with Gasteiger partial charge in [0.2, 0.25) is 0 Å². The monoisotopic (exact) mass is 471 g/mol. The summed E-state index contributed by atoms with van der Waals surface area (Å²) in [6.45, 7) is 1.01. The summed E-state index contributed by atoms with van der Waals surface area (Å²) in [5, 5.41) is 0. The van der Waals surface area contributed by atoms with Gasteiger partial charge >= 0.3 is 5.91 Å². The molecule has 1 aliphatic heterocycles. The minimum absolute atomic E-state index is 0.124. The number of hydrogen-bond acceptors (Lipinski definition) is 5. The first-order chi connectivity index (χ1) is 16.6. The Morgan fingerprint density at radius 1 is 1.00 bits per heavy atom. The number of thiocarbonyl (C=S) groups is 1. The molecular formula is C28H27N2O3S+. The lowest BCUT2D eigenvalue weighted by atomic mass is 10.1. The van der Waals surface area contributed by atoms with Gasteiger partial charge in [0.25, 0.3) is 0 Å². The van der Waals surface area contributed by atoms with E-state index in [1.807, 2.05) is 85.1 Å². The summed E-state index contributed by atoms with van der Waals surface area (Å²) in [6, 6.07) is 15.3. The lowest BCUT2D eigenvalue weighted by Crippen LogP contribution is -2.52. The van der Waals surface area contributed by atoms with Gasteiger partial charge in [0.15, 0.2) is 11.5 Å². The second-order valence-electron chi connectivity index (χ2n) is 8.73. The van der Waals surface area contributed by atoms with E-state index in [-0.39, 0.29) is 16.3 Å². The Hall–Kier alpha value is -3.32. The lowest BCUT2D eigenvalue weighted by molar-refractivity contribution is -0.129. The van der Waals surface area contributed by atoms with Crippen molar-refractivity contribution in [2.75, 3.05) is 13.1 Å². The SMILES string of the molecule is NCC1=C[N+](C(=O)C2CC2)(c2ccc(Oc3ccccc3OC3=CCC(=S)C=C3)cc2)CC=C1. The molecule has 1 heterocycles. The number of benzene rings is 2. The van der Waals surface area contributed by atoms with Crippen molar-refractivity contribution >= 4 is 28.7 Å². The van der Waals surface area contributed by atoms with Crippen LogP contribution in [-0.4, -0.2) is 23.9 Å². The van der Waals surface area contributed by atoms with Crippen LogP contribution in [0.2, 0.25) is 0 Å². The van der Waals surface area contributed by atoms with Crippen molar-refractivity contribution in [1.82, 2.24) is 4.48 Å². The van der Waals surface area contributed by atoms with Gasteiger partial charge in [-0.3, -0.25) is 0 Å². The summed E-state index contributed by atoms with van der Waals surface area (Å²) in [5.74, 6) is 3.00. The zero-order valence-corrected chi connectivity index (χ0v) is 19.7. The van der Waals surface area contributed by atoms with E-state index in [1.165, 1.54) is 0 Å². The third kappa shape index (κ3) is 4.66. The number of rotatable bonds is 7. The largest absolute Gasteiger partial charge is 0.454 e. The number of nitrogens with zero attached hydrogens (tertiary/aromatic N) is 1. The Labute approximate surface area is 205 Å². The summed E-state index contributed by atoms with van der Waals surface area (Å²) >= 11 is 5.20. The van der Waals surface area contributed by atoms with Crippen molar-refractivity contribution in [2.45, 2.75) is 19.3 Å². The van der Waals surface area contributed by atoms with E-state index in [0.29, 0.717) is 36.8 Å². The summed E-state index contributed by atoms with van der Waals surface area (Å²) in [7, 11) is 0. The lowest BCUT2D eigenvalue weighted by Gasteiger charge is -2.33. The predicted octanol–water partition coefficient (Wildman–Crippen LogP) is 5.73. The second kappa shape index (κ2) is 9.50. The third-order valence-electron chi connectivity index (χ3n) is 6.21. The molecule has 1 fully saturated rings. The van der Waals surface area contributed by atoms with Crippen LogP contribution < -0.4 is 19.7 Å². The van der Waals surface area contributed by atoms with Crippen molar-refractivity contribution in [2.24, 2.45) is 11.7 Å². The molecule has 0 saturated heterocycles.